The van der Waals surface area contributed by atoms with Gasteiger partial charge in [0.25, 0.3) is 5.91 Å². The van der Waals surface area contributed by atoms with Crippen LogP contribution in [0.25, 0.3) is 6.08 Å². The van der Waals surface area contributed by atoms with Crippen molar-refractivity contribution in [2.75, 3.05) is 13.7 Å². The topological polar surface area (TPSA) is 67.9 Å². The number of para-hydroxylation sites is 1. The second-order valence-electron chi connectivity index (χ2n) is 5.91. The third-order valence-electron chi connectivity index (χ3n) is 4.00. The molecule has 1 aliphatic rings. The maximum Gasteiger partial charge on any atom is 0.325 e. The molecular formula is C20H17ClN2O4S. The van der Waals surface area contributed by atoms with Crippen molar-refractivity contribution in [3.8, 4) is 5.75 Å². The van der Waals surface area contributed by atoms with Crippen molar-refractivity contribution in [1.82, 2.24) is 10.2 Å². The summed E-state index contributed by atoms with van der Waals surface area (Å²) in [4.78, 5) is 25.2. The highest BCUT2D eigenvalue weighted by molar-refractivity contribution is 7.80. The fraction of sp³-hybridized carbons (Fsp3) is 0.150. The van der Waals surface area contributed by atoms with E-state index in [-0.39, 0.29) is 17.4 Å². The van der Waals surface area contributed by atoms with Gasteiger partial charge in [0, 0.05) is 10.6 Å². The number of esters is 1. The molecule has 2 aromatic rings. The first kappa shape index (κ1) is 19.9. The molecule has 0 aliphatic carbocycles. The Morgan fingerprint density at radius 3 is 2.64 bits per heavy atom. The molecule has 2 aromatic carbocycles. The summed E-state index contributed by atoms with van der Waals surface area (Å²) in [5, 5.41) is 3.64. The number of methoxy groups -OCH3 is 1. The van der Waals surface area contributed by atoms with E-state index in [0.717, 1.165) is 10.5 Å². The number of nitrogens with zero attached hydrogens (tertiary/aromatic N) is 1. The lowest BCUT2D eigenvalue weighted by Gasteiger charge is -2.11. The van der Waals surface area contributed by atoms with Crippen molar-refractivity contribution in [3.05, 3.63) is 70.4 Å². The van der Waals surface area contributed by atoms with Gasteiger partial charge >= 0.3 is 5.97 Å². The van der Waals surface area contributed by atoms with Crippen LogP contribution in [0.1, 0.15) is 11.1 Å². The number of carbonyl (C=O) groups is 2. The van der Waals surface area contributed by atoms with Gasteiger partial charge in [0.2, 0.25) is 0 Å². The maximum atomic E-state index is 12.5. The van der Waals surface area contributed by atoms with Crippen molar-refractivity contribution < 1.29 is 19.1 Å². The van der Waals surface area contributed by atoms with Crippen molar-refractivity contribution in [3.63, 3.8) is 0 Å². The lowest BCUT2D eigenvalue weighted by atomic mass is 10.1. The molecule has 1 heterocycles. The van der Waals surface area contributed by atoms with Gasteiger partial charge in [-0.2, -0.15) is 0 Å². The standard InChI is InChI=1S/C20H17ClN2O4S/c1-26-18(24)11-23-19(25)16(22-20(23)28)10-14-4-2-3-5-17(14)27-12-13-6-8-15(21)9-7-13/h2-10H,11-12H2,1H3,(H,22,28)/b16-10-. The highest BCUT2D eigenvalue weighted by Gasteiger charge is 2.32. The second kappa shape index (κ2) is 8.86. The first-order valence-corrected chi connectivity index (χ1v) is 9.14. The molecule has 0 spiro atoms. The summed E-state index contributed by atoms with van der Waals surface area (Å²) in [6.45, 7) is 0.110. The molecule has 1 amide bonds. The first-order valence-electron chi connectivity index (χ1n) is 8.35. The Morgan fingerprint density at radius 2 is 1.93 bits per heavy atom. The molecule has 0 radical (unpaired) electrons. The van der Waals surface area contributed by atoms with Crippen molar-refractivity contribution in [2.45, 2.75) is 6.61 Å². The van der Waals surface area contributed by atoms with Crippen LogP contribution in [0.4, 0.5) is 0 Å². The Hall–Kier alpha value is -2.90. The van der Waals surface area contributed by atoms with Crippen LogP contribution in [-0.4, -0.2) is 35.5 Å². The molecule has 1 aliphatic heterocycles. The minimum Gasteiger partial charge on any atom is -0.488 e. The van der Waals surface area contributed by atoms with E-state index in [0.29, 0.717) is 22.9 Å². The van der Waals surface area contributed by atoms with E-state index >= 15 is 0 Å². The van der Waals surface area contributed by atoms with Gasteiger partial charge in [-0.3, -0.25) is 14.5 Å². The normalized spacial score (nSPS) is 14.9. The Bertz CT molecular complexity index is 943. The first-order chi connectivity index (χ1) is 13.5. The number of benzene rings is 2. The summed E-state index contributed by atoms with van der Waals surface area (Å²) < 4.78 is 10.5. The lowest BCUT2D eigenvalue weighted by molar-refractivity contribution is -0.143. The minimum absolute atomic E-state index is 0.154. The van der Waals surface area contributed by atoms with Gasteiger partial charge in [0.1, 0.15) is 24.6 Å². The summed E-state index contributed by atoms with van der Waals surface area (Å²) in [7, 11) is 1.25. The Morgan fingerprint density at radius 1 is 1.21 bits per heavy atom. The van der Waals surface area contributed by atoms with Gasteiger partial charge in [0.15, 0.2) is 5.11 Å². The molecule has 0 atom stereocenters. The van der Waals surface area contributed by atoms with E-state index in [4.69, 9.17) is 28.6 Å². The smallest absolute Gasteiger partial charge is 0.325 e. The number of hydrogen-bond donors (Lipinski definition) is 1. The molecule has 0 aromatic heterocycles. The number of halogens is 1. The number of amides is 1. The number of ether oxygens (including phenoxy) is 2. The van der Waals surface area contributed by atoms with E-state index in [2.05, 4.69) is 10.1 Å². The van der Waals surface area contributed by atoms with E-state index in [1.54, 1.807) is 18.2 Å². The fourth-order valence-corrected chi connectivity index (χ4v) is 2.92. The average molecular weight is 417 g/mol. The molecule has 8 heteroatoms. The second-order valence-corrected chi connectivity index (χ2v) is 6.73. The number of thiocarbonyl (C=S) groups is 1. The van der Waals surface area contributed by atoms with E-state index in [9.17, 15) is 9.59 Å². The summed E-state index contributed by atoms with van der Waals surface area (Å²) >= 11 is 11.0. The number of carbonyl (C=O) groups excluding carboxylic acids is 2. The Kier molecular flexibility index (Phi) is 6.28. The molecule has 6 nitrogen and oxygen atoms in total. The quantitative estimate of drug-likeness (QED) is 0.443. The van der Waals surface area contributed by atoms with Gasteiger partial charge in [0.05, 0.1) is 7.11 Å². The number of nitrogens with one attached hydrogen (secondary N) is 1. The van der Waals surface area contributed by atoms with E-state index in [1.165, 1.54) is 7.11 Å². The van der Waals surface area contributed by atoms with E-state index in [1.807, 2.05) is 36.4 Å². The highest BCUT2D eigenvalue weighted by atomic mass is 35.5. The van der Waals surface area contributed by atoms with Gasteiger partial charge in [-0.25, -0.2) is 0 Å². The van der Waals surface area contributed by atoms with Crippen molar-refractivity contribution >= 4 is 46.9 Å². The summed E-state index contributed by atoms with van der Waals surface area (Å²) in [5.74, 6) is -0.342. The average Bonchev–Trinajstić information content (AvgIpc) is 2.95. The van der Waals surface area contributed by atoms with E-state index < -0.39 is 11.9 Å². The minimum atomic E-state index is -0.551. The third kappa shape index (κ3) is 4.68. The molecule has 0 saturated carbocycles. The zero-order chi connectivity index (χ0) is 20.1. The number of hydrogen-bond acceptors (Lipinski definition) is 5. The van der Waals surface area contributed by atoms with Crippen LogP contribution in [0.3, 0.4) is 0 Å². The predicted octanol–water partition coefficient (Wildman–Crippen LogP) is 3.15. The van der Waals surface area contributed by atoms with Crippen LogP contribution in [0.15, 0.2) is 54.2 Å². The van der Waals surface area contributed by atoms with Crippen LogP contribution in [0, 0.1) is 0 Å². The molecule has 144 valence electrons. The van der Waals surface area contributed by atoms with Crippen LogP contribution in [0.5, 0.6) is 5.75 Å². The molecule has 1 fully saturated rings. The SMILES string of the molecule is COC(=O)CN1C(=O)/C(=C/c2ccccc2OCc2ccc(Cl)cc2)NC1=S. The highest BCUT2D eigenvalue weighted by Crippen LogP contribution is 2.24. The van der Waals surface area contributed by atoms with Gasteiger partial charge in [-0.15, -0.1) is 0 Å². The zero-order valence-corrected chi connectivity index (χ0v) is 16.5. The Labute approximate surface area is 172 Å². The predicted molar refractivity (Wildman–Crippen MR) is 110 cm³/mol. The van der Waals surface area contributed by atoms with Crippen LogP contribution in [-0.2, 0) is 20.9 Å². The molecule has 1 N–H and O–H groups in total. The third-order valence-corrected chi connectivity index (χ3v) is 4.58. The van der Waals surface area contributed by atoms with Gasteiger partial charge < -0.3 is 14.8 Å². The van der Waals surface area contributed by atoms with Crippen LogP contribution < -0.4 is 10.1 Å². The summed E-state index contributed by atoms with van der Waals surface area (Å²) in [6.07, 6.45) is 1.64. The van der Waals surface area contributed by atoms with Crippen molar-refractivity contribution in [2.24, 2.45) is 0 Å². The summed E-state index contributed by atoms with van der Waals surface area (Å²) in [6, 6.07) is 14.7. The largest absolute Gasteiger partial charge is 0.488 e. The van der Waals surface area contributed by atoms with Crippen molar-refractivity contribution in [1.29, 1.82) is 0 Å². The lowest BCUT2D eigenvalue weighted by Crippen LogP contribution is -2.35. The molecule has 28 heavy (non-hydrogen) atoms. The number of rotatable bonds is 6. The monoisotopic (exact) mass is 416 g/mol. The fourth-order valence-electron chi connectivity index (χ4n) is 2.54. The van der Waals surface area contributed by atoms with Crippen LogP contribution in [0.2, 0.25) is 5.02 Å². The van der Waals surface area contributed by atoms with Gasteiger partial charge in [-0.1, -0.05) is 41.9 Å². The molecular weight excluding hydrogens is 400 g/mol. The maximum absolute atomic E-state index is 12.5. The Balaban J connectivity index is 1.77. The molecule has 1 saturated heterocycles. The van der Waals surface area contributed by atoms with Gasteiger partial charge in [-0.05, 0) is 42.1 Å². The molecule has 0 bridgehead atoms. The molecule has 3 rings (SSSR count). The zero-order valence-electron chi connectivity index (χ0n) is 15.0. The van der Waals surface area contributed by atoms with Crippen LogP contribution >= 0.6 is 23.8 Å². The molecule has 0 unspecified atom stereocenters. The summed E-state index contributed by atoms with van der Waals surface area (Å²) in [5.41, 5.74) is 1.93.